The molecule has 0 spiro atoms. The molecule has 0 aromatic carbocycles. The van der Waals surface area contributed by atoms with Crippen molar-refractivity contribution in [2.75, 3.05) is 14.1 Å². The van der Waals surface area contributed by atoms with Crippen molar-refractivity contribution in [3.63, 3.8) is 0 Å². The van der Waals surface area contributed by atoms with Gasteiger partial charge in [-0.3, -0.25) is 4.79 Å². The predicted molar refractivity (Wildman–Crippen MR) is 42.1 cm³/mol. The highest BCUT2D eigenvalue weighted by Crippen LogP contribution is 1.88. The van der Waals surface area contributed by atoms with Gasteiger partial charge < -0.3 is 5.01 Å². The molecule has 0 aliphatic rings. The van der Waals surface area contributed by atoms with E-state index in [2.05, 4.69) is 5.10 Å². The summed E-state index contributed by atoms with van der Waals surface area (Å²) in [5.41, 5.74) is 0.859. The van der Waals surface area contributed by atoms with E-state index in [1.807, 2.05) is 21.0 Å². The third kappa shape index (κ3) is 5.28. The van der Waals surface area contributed by atoms with Crippen LogP contribution in [0.4, 0.5) is 0 Å². The van der Waals surface area contributed by atoms with E-state index in [1.165, 1.54) is 0 Å². The van der Waals surface area contributed by atoms with Gasteiger partial charge in [-0.05, 0) is 13.8 Å². The van der Waals surface area contributed by atoms with Gasteiger partial charge in [0.15, 0.2) is 0 Å². The Hall–Kier alpha value is -0.860. The van der Waals surface area contributed by atoms with Crippen LogP contribution in [0.15, 0.2) is 5.10 Å². The Labute approximate surface area is 61.7 Å². The maximum atomic E-state index is 10.5. The number of hydrogen-bond donors (Lipinski definition) is 0. The van der Waals surface area contributed by atoms with E-state index in [0.29, 0.717) is 6.42 Å². The van der Waals surface area contributed by atoms with Gasteiger partial charge >= 0.3 is 0 Å². The first-order valence-corrected chi connectivity index (χ1v) is 3.23. The molecule has 0 saturated carbocycles. The Balaban J connectivity index is 3.82. The Kier molecular flexibility index (Phi) is 3.69. The quantitative estimate of drug-likeness (QED) is 0.433. The van der Waals surface area contributed by atoms with Crippen LogP contribution in [0.1, 0.15) is 20.3 Å². The average Bonchev–Trinajstić information content (AvgIpc) is 1.58. The number of rotatable bonds is 3. The second kappa shape index (κ2) is 4.04. The summed E-state index contributed by atoms with van der Waals surface area (Å²) < 4.78 is 0. The molecule has 0 atom stereocenters. The molecule has 0 aromatic rings. The fourth-order valence-corrected chi connectivity index (χ4v) is 0.737. The minimum absolute atomic E-state index is 0.156. The normalized spacial score (nSPS) is 11.4. The highest BCUT2D eigenvalue weighted by atomic mass is 16.1. The minimum atomic E-state index is 0.156. The van der Waals surface area contributed by atoms with Gasteiger partial charge in [0.05, 0.1) is 0 Å². The molecule has 0 N–H and O–H groups in total. The molecule has 0 bridgehead atoms. The summed E-state index contributed by atoms with van der Waals surface area (Å²) in [4.78, 5) is 10.5. The first-order valence-electron chi connectivity index (χ1n) is 3.23. The van der Waals surface area contributed by atoms with Crippen LogP contribution in [0, 0.1) is 0 Å². The summed E-state index contributed by atoms with van der Waals surface area (Å²) in [6.07, 6.45) is 0.457. The fraction of sp³-hybridized carbons (Fsp3) is 0.714. The Morgan fingerprint density at radius 1 is 1.40 bits per heavy atom. The summed E-state index contributed by atoms with van der Waals surface area (Å²) in [6, 6.07) is 0. The van der Waals surface area contributed by atoms with Gasteiger partial charge in [0.25, 0.3) is 0 Å². The third-order valence-electron chi connectivity index (χ3n) is 0.875. The van der Waals surface area contributed by atoms with E-state index < -0.39 is 0 Å². The monoisotopic (exact) mass is 142 g/mol. The summed E-state index contributed by atoms with van der Waals surface area (Å²) in [5.74, 6) is 0.156. The molecule has 0 fully saturated rings. The molecular weight excluding hydrogens is 128 g/mol. The first kappa shape index (κ1) is 9.14. The lowest BCUT2D eigenvalue weighted by atomic mass is 10.2. The van der Waals surface area contributed by atoms with Crippen LogP contribution in [0.5, 0.6) is 0 Å². The lowest BCUT2D eigenvalue weighted by Gasteiger charge is -2.05. The van der Waals surface area contributed by atoms with E-state index in [4.69, 9.17) is 0 Å². The lowest BCUT2D eigenvalue weighted by molar-refractivity contribution is -0.115. The third-order valence-corrected chi connectivity index (χ3v) is 0.875. The Morgan fingerprint density at radius 3 is 2.20 bits per heavy atom. The van der Waals surface area contributed by atoms with Crippen LogP contribution < -0.4 is 0 Å². The molecule has 3 nitrogen and oxygen atoms in total. The summed E-state index contributed by atoms with van der Waals surface area (Å²) in [5, 5.41) is 5.74. The van der Waals surface area contributed by atoms with Gasteiger partial charge in [-0.15, -0.1) is 0 Å². The van der Waals surface area contributed by atoms with Crippen LogP contribution in [0.25, 0.3) is 0 Å². The smallest absolute Gasteiger partial charge is 0.135 e. The molecule has 0 aliphatic carbocycles. The van der Waals surface area contributed by atoms with Crippen molar-refractivity contribution in [1.82, 2.24) is 5.01 Å². The molecule has 0 radical (unpaired) electrons. The standard InChI is InChI=1S/C7H14N2O/c1-6(5-7(2)10)8-9(3)4/h5H2,1-4H3. The topological polar surface area (TPSA) is 32.7 Å². The fourth-order valence-electron chi connectivity index (χ4n) is 0.737. The molecule has 10 heavy (non-hydrogen) atoms. The molecule has 0 rings (SSSR count). The van der Waals surface area contributed by atoms with Gasteiger partial charge in [-0.1, -0.05) is 0 Å². The predicted octanol–water partition coefficient (Wildman–Crippen LogP) is 0.903. The largest absolute Gasteiger partial charge is 0.303 e. The zero-order valence-electron chi connectivity index (χ0n) is 7.01. The van der Waals surface area contributed by atoms with Gasteiger partial charge in [0.2, 0.25) is 0 Å². The number of hydrogen-bond acceptors (Lipinski definition) is 3. The molecule has 0 heterocycles. The summed E-state index contributed by atoms with van der Waals surface area (Å²) in [6.45, 7) is 3.41. The second-order valence-corrected chi connectivity index (χ2v) is 2.56. The van der Waals surface area contributed by atoms with E-state index in [-0.39, 0.29) is 5.78 Å². The maximum absolute atomic E-state index is 10.5. The highest BCUT2D eigenvalue weighted by Gasteiger charge is 1.95. The van der Waals surface area contributed by atoms with Crippen LogP contribution in [0.3, 0.4) is 0 Å². The van der Waals surface area contributed by atoms with E-state index >= 15 is 0 Å². The van der Waals surface area contributed by atoms with Crippen LogP contribution in [-0.2, 0) is 4.79 Å². The Bertz CT molecular complexity index is 150. The summed E-state index contributed by atoms with van der Waals surface area (Å²) in [7, 11) is 3.67. The average molecular weight is 142 g/mol. The van der Waals surface area contributed by atoms with Crippen LogP contribution in [-0.4, -0.2) is 30.6 Å². The zero-order valence-corrected chi connectivity index (χ0v) is 7.01. The SMILES string of the molecule is CC(=O)CC(C)=NN(C)C. The molecule has 0 unspecified atom stereocenters. The molecule has 0 amide bonds. The van der Waals surface area contributed by atoms with E-state index in [9.17, 15) is 4.79 Å². The Morgan fingerprint density at radius 2 is 1.90 bits per heavy atom. The van der Waals surface area contributed by atoms with Crippen LogP contribution >= 0.6 is 0 Å². The number of carbonyl (C=O) groups is 1. The molecular formula is C7H14N2O. The van der Waals surface area contributed by atoms with Crippen molar-refractivity contribution in [2.45, 2.75) is 20.3 Å². The van der Waals surface area contributed by atoms with E-state index in [1.54, 1.807) is 11.9 Å². The van der Waals surface area contributed by atoms with Crippen molar-refractivity contribution in [3.8, 4) is 0 Å². The van der Waals surface area contributed by atoms with Gasteiger partial charge in [0.1, 0.15) is 5.78 Å². The van der Waals surface area contributed by atoms with Gasteiger partial charge in [0, 0.05) is 26.2 Å². The molecule has 58 valence electrons. The lowest BCUT2D eigenvalue weighted by Crippen LogP contribution is -2.08. The van der Waals surface area contributed by atoms with E-state index in [0.717, 1.165) is 5.71 Å². The zero-order chi connectivity index (χ0) is 8.15. The van der Waals surface area contributed by atoms with Crippen LogP contribution in [0.2, 0.25) is 0 Å². The molecule has 0 aromatic heterocycles. The number of Topliss-reactive ketones (excluding diaryl/α,β-unsaturated/α-hetero) is 1. The molecule has 0 aliphatic heterocycles. The second-order valence-electron chi connectivity index (χ2n) is 2.56. The minimum Gasteiger partial charge on any atom is -0.303 e. The van der Waals surface area contributed by atoms with Crippen molar-refractivity contribution in [3.05, 3.63) is 0 Å². The number of nitrogens with zero attached hydrogens (tertiary/aromatic N) is 2. The summed E-state index contributed by atoms with van der Waals surface area (Å²) >= 11 is 0. The number of hydrazone groups is 1. The number of ketones is 1. The van der Waals surface area contributed by atoms with Crippen molar-refractivity contribution in [1.29, 1.82) is 0 Å². The van der Waals surface area contributed by atoms with Crippen molar-refractivity contribution >= 4 is 11.5 Å². The molecule has 0 saturated heterocycles. The number of carbonyl (C=O) groups excluding carboxylic acids is 1. The highest BCUT2D eigenvalue weighted by molar-refractivity contribution is 5.99. The maximum Gasteiger partial charge on any atom is 0.135 e. The van der Waals surface area contributed by atoms with Crippen molar-refractivity contribution < 1.29 is 4.79 Å². The van der Waals surface area contributed by atoms with Gasteiger partial charge in [-0.2, -0.15) is 5.10 Å². The first-order chi connectivity index (χ1) is 4.52. The van der Waals surface area contributed by atoms with Gasteiger partial charge in [-0.25, -0.2) is 0 Å². The molecule has 3 heteroatoms. The van der Waals surface area contributed by atoms with Crippen molar-refractivity contribution in [2.24, 2.45) is 5.10 Å².